The molecule has 0 amide bonds. The third kappa shape index (κ3) is 1.78. The standard InChI is InChI=1S/C11H12ClN5O/c1-16-9-8(5-13-16)10(18)15-11(14-9)17-4-2-3-7(12)6-17/h3,5H,2,4,6H2,1H3,(H,14,15,18). The van der Waals surface area contributed by atoms with Crippen molar-refractivity contribution in [3.63, 3.8) is 0 Å². The number of rotatable bonds is 1. The van der Waals surface area contributed by atoms with Crippen LogP contribution in [0, 0.1) is 0 Å². The van der Waals surface area contributed by atoms with E-state index in [1.165, 1.54) is 6.20 Å². The topological polar surface area (TPSA) is 66.8 Å². The number of H-pyrrole nitrogens is 1. The zero-order valence-corrected chi connectivity index (χ0v) is 10.6. The maximum atomic E-state index is 11.9. The summed E-state index contributed by atoms with van der Waals surface area (Å²) in [5.74, 6) is 0.544. The number of anilines is 1. The highest BCUT2D eigenvalue weighted by Crippen LogP contribution is 2.18. The fourth-order valence-electron chi connectivity index (χ4n) is 2.05. The van der Waals surface area contributed by atoms with Crippen LogP contribution in [0.3, 0.4) is 0 Å². The predicted molar refractivity (Wildman–Crippen MR) is 69.9 cm³/mol. The van der Waals surface area contributed by atoms with Crippen molar-refractivity contribution in [2.45, 2.75) is 6.42 Å². The molecule has 0 aromatic carbocycles. The molecular formula is C11H12ClN5O. The quantitative estimate of drug-likeness (QED) is 0.835. The molecule has 2 aromatic heterocycles. The second kappa shape index (κ2) is 4.13. The second-order valence-corrected chi connectivity index (χ2v) is 4.74. The van der Waals surface area contributed by atoms with Crippen LogP contribution in [-0.2, 0) is 7.05 Å². The van der Waals surface area contributed by atoms with Crippen LogP contribution in [0.5, 0.6) is 0 Å². The van der Waals surface area contributed by atoms with Crippen LogP contribution in [0.25, 0.3) is 11.0 Å². The molecule has 3 heterocycles. The Morgan fingerprint density at radius 2 is 2.33 bits per heavy atom. The minimum Gasteiger partial charge on any atom is -0.337 e. The van der Waals surface area contributed by atoms with Crippen LogP contribution in [0.4, 0.5) is 5.95 Å². The van der Waals surface area contributed by atoms with E-state index in [0.29, 0.717) is 23.5 Å². The monoisotopic (exact) mass is 265 g/mol. The van der Waals surface area contributed by atoms with E-state index in [2.05, 4.69) is 15.1 Å². The van der Waals surface area contributed by atoms with E-state index in [0.717, 1.165) is 18.0 Å². The van der Waals surface area contributed by atoms with E-state index in [1.807, 2.05) is 11.0 Å². The van der Waals surface area contributed by atoms with Gasteiger partial charge < -0.3 is 4.90 Å². The number of nitrogens with zero attached hydrogens (tertiary/aromatic N) is 4. The molecule has 94 valence electrons. The van der Waals surface area contributed by atoms with Gasteiger partial charge in [0.15, 0.2) is 5.65 Å². The molecule has 1 N–H and O–H groups in total. The van der Waals surface area contributed by atoms with E-state index in [-0.39, 0.29) is 5.56 Å². The first-order chi connectivity index (χ1) is 8.65. The number of aromatic nitrogens is 4. The minimum absolute atomic E-state index is 0.172. The molecule has 0 saturated carbocycles. The molecule has 0 spiro atoms. The van der Waals surface area contributed by atoms with Crippen LogP contribution in [-0.4, -0.2) is 32.8 Å². The number of aryl methyl sites for hydroxylation is 1. The molecule has 0 aliphatic carbocycles. The van der Waals surface area contributed by atoms with E-state index < -0.39 is 0 Å². The second-order valence-electron chi connectivity index (χ2n) is 4.26. The number of aromatic amines is 1. The average molecular weight is 266 g/mol. The highest BCUT2D eigenvalue weighted by atomic mass is 35.5. The SMILES string of the molecule is Cn1ncc2c(=O)[nH]c(N3CCC=C(Cl)C3)nc21. The third-order valence-electron chi connectivity index (χ3n) is 3.00. The maximum absolute atomic E-state index is 11.9. The molecule has 1 aliphatic heterocycles. The van der Waals surface area contributed by atoms with Crippen molar-refractivity contribution < 1.29 is 0 Å². The summed E-state index contributed by atoms with van der Waals surface area (Å²) in [7, 11) is 1.77. The van der Waals surface area contributed by atoms with Gasteiger partial charge in [-0.3, -0.25) is 14.5 Å². The predicted octanol–water partition coefficient (Wildman–Crippen LogP) is 0.989. The lowest BCUT2D eigenvalue weighted by atomic mass is 10.2. The van der Waals surface area contributed by atoms with E-state index in [9.17, 15) is 4.79 Å². The van der Waals surface area contributed by atoms with Gasteiger partial charge in [0, 0.05) is 18.6 Å². The Bertz CT molecular complexity index is 686. The molecule has 2 aromatic rings. The summed E-state index contributed by atoms with van der Waals surface area (Å²) >= 11 is 6.01. The van der Waals surface area contributed by atoms with Crippen molar-refractivity contribution in [1.29, 1.82) is 0 Å². The van der Waals surface area contributed by atoms with Gasteiger partial charge >= 0.3 is 0 Å². The van der Waals surface area contributed by atoms with Gasteiger partial charge in [-0.15, -0.1) is 0 Å². The Labute approximate surface area is 108 Å². The normalized spacial score (nSPS) is 16.1. The molecule has 3 rings (SSSR count). The van der Waals surface area contributed by atoms with Gasteiger partial charge in [0.05, 0.1) is 12.7 Å². The van der Waals surface area contributed by atoms with Crippen LogP contribution < -0.4 is 10.5 Å². The first kappa shape index (κ1) is 11.3. The molecule has 0 bridgehead atoms. The molecule has 1 aliphatic rings. The Hall–Kier alpha value is -1.82. The third-order valence-corrected chi connectivity index (χ3v) is 3.27. The highest BCUT2D eigenvalue weighted by Gasteiger charge is 2.16. The van der Waals surface area contributed by atoms with E-state index >= 15 is 0 Å². The van der Waals surface area contributed by atoms with Crippen molar-refractivity contribution in [2.24, 2.45) is 7.05 Å². The van der Waals surface area contributed by atoms with Crippen molar-refractivity contribution in [1.82, 2.24) is 19.7 Å². The summed E-state index contributed by atoms with van der Waals surface area (Å²) in [6.07, 6.45) is 4.36. The van der Waals surface area contributed by atoms with Crippen molar-refractivity contribution in [2.75, 3.05) is 18.0 Å². The largest absolute Gasteiger partial charge is 0.337 e. The Morgan fingerprint density at radius 1 is 1.50 bits per heavy atom. The van der Waals surface area contributed by atoms with Gasteiger partial charge in [-0.1, -0.05) is 17.7 Å². The smallest absolute Gasteiger partial charge is 0.263 e. The Kier molecular flexibility index (Phi) is 2.59. The van der Waals surface area contributed by atoms with Gasteiger partial charge in [0.2, 0.25) is 5.95 Å². The lowest BCUT2D eigenvalue weighted by Gasteiger charge is -2.25. The number of hydrogen-bond donors (Lipinski definition) is 1. The first-order valence-corrected chi connectivity index (χ1v) is 6.04. The summed E-state index contributed by atoms with van der Waals surface area (Å²) in [5, 5.41) is 5.31. The molecule has 0 atom stereocenters. The molecule has 6 nitrogen and oxygen atoms in total. The van der Waals surface area contributed by atoms with Crippen LogP contribution in [0.2, 0.25) is 0 Å². The lowest BCUT2D eigenvalue weighted by Crippen LogP contribution is -2.31. The van der Waals surface area contributed by atoms with Gasteiger partial charge in [-0.2, -0.15) is 10.1 Å². The van der Waals surface area contributed by atoms with Gasteiger partial charge in [0.25, 0.3) is 5.56 Å². The molecule has 0 radical (unpaired) electrons. The summed E-state index contributed by atoms with van der Waals surface area (Å²) in [6.45, 7) is 1.37. The summed E-state index contributed by atoms with van der Waals surface area (Å²) in [5.41, 5.74) is 0.410. The first-order valence-electron chi connectivity index (χ1n) is 5.66. The zero-order chi connectivity index (χ0) is 12.7. The summed E-state index contributed by atoms with van der Waals surface area (Å²) < 4.78 is 1.59. The van der Waals surface area contributed by atoms with Crippen LogP contribution in [0.1, 0.15) is 6.42 Å². The van der Waals surface area contributed by atoms with Gasteiger partial charge in [-0.25, -0.2) is 0 Å². The maximum Gasteiger partial charge on any atom is 0.263 e. The van der Waals surface area contributed by atoms with E-state index in [4.69, 9.17) is 11.6 Å². The van der Waals surface area contributed by atoms with E-state index in [1.54, 1.807) is 11.7 Å². The molecule has 18 heavy (non-hydrogen) atoms. The number of halogens is 1. The fourth-order valence-corrected chi connectivity index (χ4v) is 2.31. The minimum atomic E-state index is -0.172. The van der Waals surface area contributed by atoms with Crippen LogP contribution >= 0.6 is 11.6 Å². The Balaban J connectivity index is 2.10. The summed E-state index contributed by atoms with van der Waals surface area (Å²) in [6, 6.07) is 0. The summed E-state index contributed by atoms with van der Waals surface area (Å²) in [4.78, 5) is 21.1. The Morgan fingerprint density at radius 3 is 3.11 bits per heavy atom. The van der Waals surface area contributed by atoms with Gasteiger partial charge in [0.1, 0.15) is 5.39 Å². The van der Waals surface area contributed by atoms with Crippen LogP contribution in [0.15, 0.2) is 22.1 Å². The van der Waals surface area contributed by atoms with Crippen molar-refractivity contribution in [3.8, 4) is 0 Å². The molecule has 7 heteroatoms. The molecule has 0 saturated heterocycles. The molecular weight excluding hydrogens is 254 g/mol. The zero-order valence-electron chi connectivity index (χ0n) is 9.85. The number of hydrogen-bond acceptors (Lipinski definition) is 4. The van der Waals surface area contributed by atoms with Crippen molar-refractivity contribution in [3.05, 3.63) is 27.7 Å². The number of fused-ring (bicyclic) bond motifs is 1. The fraction of sp³-hybridized carbons (Fsp3) is 0.364. The molecule has 0 fully saturated rings. The lowest BCUT2D eigenvalue weighted by molar-refractivity contribution is 0.762. The van der Waals surface area contributed by atoms with Crippen molar-refractivity contribution >= 4 is 28.6 Å². The average Bonchev–Trinajstić information content (AvgIpc) is 2.72. The van der Waals surface area contributed by atoms with Gasteiger partial charge in [-0.05, 0) is 6.42 Å². The molecule has 0 unspecified atom stereocenters. The number of nitrogens with one attached hydrogen (secondary N) is 1. The highest BCUT2D eigenvalue weighted by molar-refractivity contribution is 6.30.